The third-order valence-electron chi connectivity index (χ3n) is 2.92. The van der Waals surface area contributed by atoms with E-state index in [1.165, 1.54) is 0 Å². The van der Waals surface area contributed by atoms with Crippen LogP contribution in [0.2, 0.25) is 0 Å². The lowest BCUT2D eigenvalue weighted by Gasteiger charge is -2.13. The van der Waals surface area contributed by atoms with Gasteiger partial charge < -0.3 is 11.1 Å². The van der Waals surface area contributed by atoms with Gasteiger partial charge in [0.05, 0.1) is 0 Å². The highest BCUT2D eigenvalue weighted by atomic mass is 16.2. The van der Waals surface area contributed by atoms with Gasteiger partial charge >= 0.3 is 0 Å². The first-order chi connectivity index (χ1) is 7.08. The molecule has 1 fully saturated rings. The smallest absolute Gasteiger partial charge is 0.220 e. The number of nitrogens with two attached hydrogens (primary N) is 1. The molecule has 0 spiro atoms. The second kappa shape index (κ2) is 5.14. The van der Waals surface area contributed by atoms with Crippen LogP contribution in [0.5, 0.6) is 0 Å². The molecule has 15 heavy (non-hydrogen) atoms. The maximum Gasteiger partial charge on any atom is 0.220 e. The molecule has 0 heterocycles. The lowest BCUT2D eigenvalue weighted by atomic mass is 10.0. The largest absolute Gasteiger partial charge is 0.370 e. The molecule has 1 aliphatic carbocycles. The Kier molecular flexibility index (Phi) is 4.12. The fraction of sp³-hybridized carbons (Fsp3) is 0.818. The Bertz CT molecular complexity index is 247. The number of hydrogen-bond donors (Lipinski definition) is 2. The van der Waals surface area contributed by atoms with Crippen LogP contribution in [0.15, 0.2) is 0 Å². The van der Waals surface area contributed by atoms with Gasteiger partial charge in [-0.15, -0.1) is 0 Å². The predicted octanol–water partition coefficient (Wildman–Crippen LogP) is 0.948. The topological polar surface area (TPSA) is 72.2 Å². The van der Waals surface area contributed by atoms with Gasteiger partial charge in [-0.3, -0.25) is 9.59 Å². The molecule has 0 radical (unpaired) electrons. The quantitative estimate of drug-likeness (QED) is 0.659. The highest BCUT2D eigenvalue weighted by Crippen LogP contribution is 2.47. The summed E-state index contributed by atoms with van der Waals surface area (Å²) in [5.74, 6) is -0.178. The van der Waals surface area contributed by atoms with E-state index in [0.717, 1.165) is 25.7 Å². The molecule has 4 heteroatoms. The molecule has 0 saturated heterocycles. The van der Waals surface area contributed by atoms with Crippen LogP contribution in [-0.2, 0) is 9.59 Å². The van der Waals surface area contributed by atoms with Crippen LogP contribution in [0.25, 0.3) is 0 Å². The summed E-state index contributed by atoms with van der Waals surface area (Å²) >= 11 is 0. The van der Waals surface area contributed by atoms with Crippen molar-refractivity contribution < 1.29 is 9.59 Å². The van der Waals surface area contributed by atoms with Gasteiger partial charge in [0.25, 0.3) is 0 Å². The summed E-state index contributed by atoms with van der Waals surface area (Å²) in [5.41, 5.74) is 5.15. The Morgan fingerprint density at radius 3 is 2.53 bits per heavy atom. The standard InChI is InChI=1S/C11H20N2O2/c1-2-3-4-10(15)13-8-11(5-6-11)7-9(12)14/h2-8H2,1H3,(H2,12,14)(H,13,15). The minimum absolute atomic E-state index is 0.00624. The predicted molar refractivity (Wildman–Crippen MR) is 58.0 cm³/mol. The van der Waals surface area contributed by atoms with Crippen LogP contribution in [0, 0.1) is 5.41 Å². The first-order valence-corrected chi connectivity index (χ1v) is 5.63. The van der Waals surface area contributed by atoms with Crippen LogP contribution >= 0.6 is 0 Å². The molecule has 3 N–H and O–H groups in total. The van der Waals surface area contributed by atoms with Crippen molar-refractivity contribution >= 4 is 11.8 Å². The van der Waals surface area contributed by atoms with E-state index >= 15 is 0 Å². The van der Waals surface area contributed by atoms with Gasteiger partial charge in [-0.05, 0) is 24.7 Å². The molecule has 4 nitrogen and oxygen atoms in total. The van der Waals surface area contributed by atoms with Crippen LogP contribution in [0.1, 0.15) is 45.4 Å². The Morgan fingerprint density at radius 2 is 2.07 bits per heavy atom. The van der Waals surface area contributed by atoms with E-state index < -0.39 is 0 Å². The van der Waals surface area contributed by atoms with Crippen molar-refractivity contribution in [2.75, 3.05) is 6.54 Å². The zero-order valence-electron chi connectivity index (χ0n) is 9.34. The van der Waals surface area contributed by atoms with Gasteiger partial charge in [0.15, 0.2) is 0 Å². The van der Waals surface area contributed by atoms with E-state index in [9.17, 15) is 9.59 Å². The molecule has 0 aromatic carbocycles. The molecule has 1 aliphatic rings. The minimum Gasteiger partial charge on any atom is -0.370 e. The number of amides is 2. The van der Waals surface area contributed by atoms with Gasteiger partial charge in [0, 0.05) is 19.4 Å². The third-order valence-corrected chi connectivity index (χ3v) is 2.92. The number of carbonyl (C=O) groups excluding carboxylic acids is 2. The summed E-state index contributed by atoms with van der Waals surface area (Å²) in [5, 5.41) is 2.88. The lowest BCUT2D eigenvalue weighted by Crippen LogP contribution is -2.32. The normalized spacial score (nSPS) is 17.1. The van der Waals surface area contributed by atoms with Crippen LogP contribution < -0.4 is 11.1 Å². The average molecular weight is 212 g/mol. The van der Waals surface area contributed by atoms with Gasteiger partial charge in [0.2, 0.25) is 11.8 Å². The van der Waals surface area contributed by atoms with Gasteiger partial charge in [-0.25, -0.2) is 0 Å². The van der Waals surface area contributed by atoms with Crippen LogP contribution in [-0.4, -0.2) is 18.4 Å². The fourth-order valence-electron chi connectivity index (χ4n) is 1.67. The van der Waals surface area contributed by atoms with E-state index in [0.29, 0.717) is 19.4 Å². The first-order valence-electron chi connectivity index (χ1n) is 5.63. The summed E-state index contributed by atoms with van der Waals surface area (Å²) in [6.07, 6.45) is 4.95. The second-order valence-corrected chi connectivity index (χ2v) is 4.52. The molecule has 0 bridgehead atoms. The molecule has 2 amide bonds. The second-order valence-electron chi connectivity index (χ2n) is 4.52. The molecule has 0 aromatic heterocycles. The zero-order chi connectivity index (χ0) is 11.3. The molecule has 0 aromatic rings. The van der Waals surface area contributed by atoms with E-state index in [2.05, 4.69) is 12.2 Å². The number of nitrogens with one attached hydrogen (secondary N) is 1. The third kappa shape index (κ3) is 4.32. The number of rotatable bonds is 7. The number of carbonyl (C=O) groups is 2. The number of hydrogen-bond acceptors (Lipinski definition) is 2. The molecule has 0 atom stereocenters. The zero-order valence-corrected chi connectivity index (χ0v) is 9.34. The van der Waals surface area contributed by atoms with E-state index in [1.807, 2.05) is 0 Å². The van der Waals surface area contributed by atoms with Crippen LogP contribution in [0.3, 0.4) is 0 Å². The molecular formula is C11H20N2O2. The van der Waals surface area contributed by atoms with Crippen molar-refractivity contribution in [3.63, 3.8) is 0 Å². The first kappa shape index (κ1) is 12.0. The van der Waals surface area contributed by atoms with Crippen molar-refractivity contribution in [1.29, 1.82) is 0 Å². The maximum absolute atomic E-state index is 11.3. The van der Waals surface area contributed by atoms with E-state index in [1.54, 1.807) is 0 Å². The summed E-state index contributed by atoms with van der Waals surface area (Å²) in [7, 11) is 0. The SMILES string of the molecule is CCCCC(=O)NCC1(CC(N)=O)CC1. The lowest BCUT2D eigenvalue weighted by molar-refractivity contribution is -0.122. The maximum atomic E-state index is 11.3. The minimum atomic E-state index is -0.268. The summed E-state index contributed by atoms with van der Waals surface area (Å²) in [6, 6.07) is 0. The molecule has 0 unspecified atom stereocenters. The number of primary amides is 1. The molecule has 1 saturated carbocycles. The Hall–Kier alpha value is -1.06. The van der Waals surface area contributed by atoms with Crippen molar-refractivity contribution in [2.45, 2.75) is 45.4 Å². The number of unbranched alkanes of at least 4 members (excludes halogenated alkanes) is 1. The average Bonchev–Trinajstić information content (AvgIpc) is 2.91. The van der Waals surface area contributed by atoms with Crippen molar-refractivity contribution in [3.8, 4) is 0 Å². The van der Waals surface area contributed by atoms with Crippen molar-refractivity contribution in [1.82, 2.24) is 5.32 Å². The summed E-state index contributed by atoms with van der Waals surface area (Å²) in [4.78, 5) is 22.1. The molecule has 1 rings (SSSR count). The molecule has 86 valence electrons. The Balaban J connectivity index is 2.19. The van der Waals surface area contributed by atoms with Gasteiger partial charge in [0.1, 0.15) is 0 Å². The Morgan fingerprint density at radius 1 is 1.40 bits per heavy atom. The summed E-state index contributed by atoms with van der Waals surface area (Å²) in [6.45, 7) is 2.67. The summed E-state index contributed by atoms with van der Waals surface area (Å²) < 4.78 is 0. The molecule has 0 aliphatic heterocycles. The monoisotopic (exact) mass is 212 g/mol. The van der Waals surface area contributed by atoms with E-state index in [4.69, 9.17) is 5.73 Å². The molecular weight excluding hydrogens is 192 g/mol. The highest BCUT2D eigenvalue weighted by Gasteiger charge is 2.43. The van der Waals surface area contributed by atoms with Crippen molar-refractivity contribution in [3.05, 3.63) is 0 Å². The van der Waals surface area contributed by atoms with Crippen LogP contribution in [0.4, 0.5) is 0 Å². The van der Waals surface area contributed by atoms with E-state index in [-0.39, 0.29) is 17.2 Å². The van der Waals surface area contributed by atoms with Gasteiger partial charge in [-0.1, -0.05) is 13.3 Å². The Labute approximate surface area is 90.6 Å². The van der Waals surface area contributed by atoms with Crippen molar-refractivity contribution in [2.24, 2.45) is 11.1 Å². The highest BCUT2D eigenvalue weighted by molar-refractivity contribution is 5.77. The fourth-order valence-corrected chi connectivity index (χ4v) is 1.67. The van der Waals surface area contributed by atoms with Gasteiger partial charge in [-0.2, -0.15) is 0 Å².